The van der Waals surface area contributed by atoms with E-state index in [1.807, 2.05) is 20.8 Å². The van der Waals surface area contributed by atoms with Crippen LogP contribution in [0.4, 0.5) is 13.2 Å². The van der Waals surface area contributed by atoms with Gasteiger partial charge in [-0.25, -0.2) is 9.37 Å². The first kappa shape index (κ1) is 16.8. The van der Waals surface area contributed by atoms with Crippen molar-refractivity contribution in [2.45, 2.75) is 39.5 Å². The van der Waals surface area contributed by atoms with Gasteiger partial charge in [-0.2, -0.15) is 8.78 Å². The van der Waals surface area contributed by atoms with Crippen LogP contribution in [-0.4, -0.2) is 11.6 Å². The van der Waals surface area contributed by atoms with E-state index in [2.05, 4.69) is 15.0 Å². The predicted molar refractivity (Wildman–Crippen MR) is 79.8 cm³/mol. The van der Waals surface area contributed by atoms with E-state index < -0.39 is 12.4 Å². The molecule has 0 radical (unpaired) electrons. The fraction of sp³-hybridized carbons (Fsp3) is 0.400. The Labute approximate surface area is 131 Å². The largest absolute Gasteiger partial charge is 0.434 e. The molecule has 1 aromatic carbocycles. The monoisotopic (exact) mass is 330 g/mol. The van der Waals surface area contributed by atoms with Crippen molar-refractivity contribution in [2.75, 3.05) is 0 Å². The van der Waals surface area contributed by atoms with Gasteiger partial charge in [-0.3, -0.25) is 0 Å². The highest BCUT2D eigenvalue weighted by Crippen LogP contribution is 2.30. The van der Waals surface area contributed by atoms with Gasteiger partial charge in [-0.15, -0.1) is 11.3 Å². The van der Waals surface area contributed by atoms with Gasteiger partial charge < -0.3 is 10.1 Å². The van der Waals surface area contributed by atoms with E-state index in [9.17, 15) is 13.2 Å². The summed E-state index contributed by atoms with van der Waals surface area (Å²) < 4.78 is 42.6. The van der Waals surface area contributed by atoms with Crippen LogP contribution in [0.2, 0.25) is 0 Å². The van der Waals surface area contributed by atoms with Crippen molar-refractivity contribution in [3.63, 3.8) is 0 Å². The average molecular weight is 330 g/mol. The fourth-order valence-electron chi connectivity index (χ4n) is 2.17. The lowest BCUT2D eigenvalue weighted by Crippen LogP contribution is -2.23. The number of halogens is 3. The molecule has 7 heteroatoms. The van der Waals surface area contributed by atoms with Gasteiger partial charge in [0.05, 0.1) is 6.04 Å². The van der Waals surface area contributed by atoms with Crippen LogP contribution >= 0.6 is 11.3 Å². The lowest BCUT2D eigenvalue weighted by molar-refractivity contribution is -0.0508. The summed E-state index contributed by atoms with van der Waals surface area (Å²) in [5, 5.41) is 4.16. The first-order valence-corrected chi connectivity index (χ1v) is 7.61. The first-order chi connectivity index (χ1) is 10.4. The fourth-order valence-corrected chi connectivity index (χ4v) is 2.96. The molecule has 22 heavy (non-hydrogen) atoms. The number of thiazole rings is 1. The van der Waals surface area contributed by atoms with Crippen LogP contribution in [0.3, 0.4) is 0 Å². The Hall–Kier alpha value is -1.60. The van der Waals surface area contributed by atoms with Gasteiger partial charge in [0.15, 0.2) is 0 Å². The van der Waals surface area contributed by atoms with Gasteiger partial charge >= 0.3 is 6.61 Å². The van der Waals surface area contributed by atoms with Gasteiger partial charge in [0, 0.05) is 28.7 Å². The normalized spacial score (nSPS) is 14.1. The van der Waals surface area contributed by atoms with E-state index in [1.54, 1.807) is 17.5 Å². The summed E-state index contributed by atoms with van der Waals surface area (Å²) in [6, 6.07) is 3.29. The summed E-state index contributed by atoms with van der Waals surface area (Å²) in [7, 11) is 0. The van der Waals surface area contributed by atoms with Crippen LogP contribution in [0, 0.1) is 12.7 Å². The molecule has 120 valence electrons. The molecular formula is C15H17F3N2OS. The van der Waals surface area contributed by atoms with E-state index in [1.165, 1.54) is 12.1 Å². The second kappa shape index (κ2) is 7.11. The zero-order valence-corrected chi connectivity index (χ0v) is 13.3. The summed E-state index contributed by atoms with van der Waals surface area (Å²) >= 11 is 1.57. The lowest BCUT2D eigenvalue weighted by Gasteiger charge is -2.21. The molecule has 1 N–H and O–H groups in total. The Morgan fingerprint density at radius 1 is 1.23 bits per heavy atom. The highest BCUT2D eigenvalue weighted by Gasteiger charge is 2.19. The maximum absolute atomic E-state index is 13.2. The zero-order valence-electron chi connectivity index (χ0n) is 12.4. The third-order valence-corrected chi connectivity index (χ3v) is 4.26. The highest BCUT2D eigenvalue weighted by atomic mass is 32.1. The molecule has 2 aromatic rings. The topological polar surface area (TPSA) is 34.2 Å². The Morgan fingerprint density at radius 2 is 1.95 bits per heavy atom. The smallest absolute Gasteiger partial charge is 0.387 e. The number of nitrogens with zero attached hydrogens (tertiary/aromatic N) is 1. The number of hydrogen-bond donors (Lipinski definition) is 1. The summed E-state index contributed by atoms with van der Waals surface area (Å²) in [6.45, 7) is 2.71. The number of ether oxygens (including phenoxy) is 1. The summed E-state index contributed by atoms with van der Waals surface area (Å²) in [5.74, 6) is -0.771. The van der Waals surface area contributed by atoms with Gasteiger partial charge in [0.25, 0.3) is 0 Å². The molecule has 2 atom stereocenters. The summed E-state index contributed by atoms with van der Waals surface area (Å²) in [6.07, 6.45) is 1.78. The molecule has 1 heterocycles. The Balaban J connectivity index is 2.16. The molecule has 0 bridgehead atoms. The third kappa shape index (κ3) is 4.20. The van der Waals surface area contributed by atoms with Crippen molar-refractivity contribution < 1.29 is 17.9 Å². The summed E-state index contributed by atoms with van der Waals surface area (Å²) in [5.41, 5.74) is 0.474. The van der Waals surface area contributed by atoms with Gasteiger partial charge in [-0.1, -0.05) is 6.07 Å². The molecule has 0 saturated heterocycles. The number of rotatable bonds is 6. The van der Waals surface area contributed by atoms with Crippen molar-refractivity contribution in [2.24, 2.45) is 0 Å². The average Bonchev–Trinajstić information content (AvgIpc) is 2.84. The van der Waals surface area contributed by atoms with Crippen molar-refractivity contribution in [3.05, 3.63) is 45.7 Å². The van der Waals surface area contributed by atoms with Crippen LogP contribution < -0.4 is 10.1 Å². The van der Waals surface area contributed by atoms with E-state index in [0.29, 0.717) is 5.56 Å². The Morgan fingerprint density at radius 3 is 2.55 bits per heavy atom. The molecular weight excluding hydrogens is 313 g/mol. The molecule has 2 rings (SSSR count). The van der Waals surface area contributed by atoms with Gasteiger partial charge in [-0.05, 0) is 26.8 Å². The van der Waals surface area contributed by atoms with Crippen molar-refractivity contribution in [1.82, 2.24) is 10.3 Å². The number of aromatic nitrogens is 1. The van der Waals surface area contributed by atoms with Crippen LogP contribution in [0.15, 0.2) is 24.4 Å². The first-order valence-electron chi connectivity index (χ1n) is 6.79. The molecule has 0 aliphatic rings. The van der Waals surface area contributed by atoms with Crippen molar-refractivity contribution in [3.8, 4) is 5.75 Å². The predicted octanol–water partition coefficient (Wildman–Crippen LogP) is 4.60. The maximum atomic E-state index is 13.2. The molecule has 0 aliphatic heterocycles. The molecule has 0 aliphatic carbocycles. The second-order valence-corrected chi connectivity index (χ2v) is 6.25. The highest BCUT2D eigenvalue weighted by molar-refractivity contribution is 7.11. The van der Waals surface area contributed by atoms with E-state index in [-0.39, 0.29) is 17.8 Å². The van der Waals surface area contributed by atoms with E-state index in [0.717, 1.165) is 16.0 Å². The number of hydrogen-bond acceptors (Lipinski definition) is 4. The zero-order chi connectivity index (χ0) is 16.3. The minimum Gasteiger partial charge on any atom is -0.434 e. The SMILES string of the molecule is Cc1cnc([C@H](C)N[C@H](C)c2ccc(F)cc2OC(F)F)s1. The Bertz CT molecular complexity index is 633. The standard InChI is InChI=1S/C15H17F3N2OS/c1-8-7-19-14(22-8)10(3)20-9(2)12-5-4-11(16)6-13(12)21-15(17)18/h4-7,9-10,15,20H,1-3H3/t9-,10+/m1/s1. The molecule has 0 fully saturated rings. The molecule has 1 aromatic heterocycles. The summed E-state index contributed by atoms with van der Waals surface area (Å²) in [4.78, 5) is 5.39. The third-order valence-electron chi connectivity index (χ3n) is 3.17. The molecule has 0 unspecified atom stereocenters. The maximum Gasteiger partial charge on any atom is 0.387 e. The van der Waals surface area contributed by atoms with Crippen LogP contribution in [0.1, 0.15) is 41.4 Å². The number of aryl methyl sites for hydroxylation is 1. The van der Waals surface area contributed by atoms with Crippen LogP contribution in [0.25, 0.3) is 0 Å². The number of nitrogens with one attached hydrogen (secondary N) is 1. The molecule has 0 saturated carbocycles. The Kier molecular flexibility index (Phi) is 5.42. The van der Waals surface area contributed by atoms with Crippen molar-refractivity contribution in [1.29, 1.82) is 0 Å². The quantitative estimate of drug-likeness (QED) is 0.840. The lowest BCUT2D eigenvalue weighted by atomic mass is 10.1. The van der Waals surface area contributed by atoms with Crippen LogP contribution in [-0.2, 0) is 0 Å². The van der Waals surface area contributed by atoms with Gasteiger partial charge in [0.2, 0.25) is 0 Å². The second-order valence-electron chi connectivity index (χ2n) is 4.98. The van der Waals surface area contributed by atoms with E-state index in [4.69, 9.17) is 0 Å². The minimum atomic E-state index is -2.99. The van der Waals surface area contributed by atoms with Crippen LogP contribution in [0.5, 0.6) is 5.75 Å². The minimum absolute atomic E-state index is 0.0573. The molecule has 0 amide bonds. The molecule has 3 nitrogen and oxygen atoms in total. The van der Waals surface area contributed by atoms with Crippen molar-refractivity contribution >= 4 is 11.3 Å². The van der Waals surface area contributed by atoms with Gasteiger partial charge in [0.1, 0.15) is 16.6 Å². The van der Waals surface area contributed by atoms with E-state index >= 15 is 0 Å². The molecule has 0 spiro atoms. The number of benzene rings is 1. The number of alkyl halides is 2.